The Bertz CT molecular complexity index is 725. The molecule has 0 radical (unpaired) electrons. The highest BCUT2D eigenvalue weighted by Crippen LogP contribution is 2.29. The zero-order chi connectivity index (χ0) is 15.8. The number of aromatic nitrogens is 2. The van der Waals surface area contributed by atoms with Crippen molar-refractivity contribution in [1.82, 2.24) is 9.97 Å². The van der Waals surface area contributed by atoms with E-state index in [0.717, 1.165) is 6.92 Å². The number of nitrogens with one attached hydrogen (secondary N) is 1. The quantitative estimate of drug-likeness (QED) is 0.910. The second-order valence-electron chi connectivity index (χ2n) is 4.60. The summed E-state index contributed by atoms with van der Waals surface area (Å²) in [6.07, 6.45) is -6.57. The molecule has 0 fully saturated rings. The first-order valence-electron chi connectivity index (χ1n) is 6.10. The molecule has 21 heavy (non-hydrogen) atoms. The van der Waals surface area contributed by atoms with Crippen molar-refractivity contribution >= 4 is 11.0 Å². The van der Waals surface area contributed by atoms with Crippen molar-refractivity contribution < 1.29 is 23.0 Å². The zero-order valence-electron chi connectivity index (χ0n) is 11.3. The molecule has 2 aromatic rings. The van der Waals surface area contributed by atoms with E-state index in [4.69, 9.17) is 9.84 Å². The van der Waals surface area contributed by atoms with Gasteiger partial charge < -0.3 is 14.8 Å². The highest BCUT2D eigenvalue weighted by Gasteiger charge is 2.38. The Hall–Kier alpha value is -2.09. The third kappa shape index (κ3) is 3.15. The molecule has 0 saturated carbocycles. The summed E-state index contributed by atoms with van der Waals surface area (Å²) in [6, 6.07) is 2.71. The Balaban J connectivity index is 2.60. The molecule has 0 aliphatic rings. The molecule has 1 heterocycles. The van der Waals surface area contributed by atoms with Gasteiger partial charge in [-0.15, -0.1) is 0 Å². The maximum Gasteiger partial charge on any atom is 0.425 e. The fraction of sp³-hybridized carbons (Fsp3) is 0.385. The van der Waals surface area contributed by atoms with Crippen molar-refractivity contribution in [3.8, 4) is 5.75 Å². The van der Waals surface area contributed by atoms with E-state index < -0.39 is 24.4 Å². The number of aryl methyl sites for hydroxylation is 1. The molecule has 2 rings (SSSR count). The van der Waals surface area contributed by atoms with Crippen LogP contribution in [0.3, 0.4) is 0 Å². The summed E-state index contributed by atoms with van der Waals surface area (Å²) in [5.41, 5.74) is 0.297. The van der Waals surface area contributed by atoms with E-state index in [0.29, 0.717) is 5.56 Å². The summed E-state index contributed by atoms with van der Waals surface area (Å²) in [6.45, 7) is 1.91. The van der Waals surface area contributed by atoms with E-state index >= 15 is 0 Å². The Morgan fingerprint density at radius 2 is 2.10 bits per heavy atom. The lowest BCUT2D eigenvalue weighted by atomic mass is 10.1. The van der Waals surface area contributed by atoms with Gasteiger partial charge in [0.2, 0.25) is 0 Å². The van der Waals surface area contributed by atoms with Crippen LogP contribution in [0.5, 0.6) is 5.75 Å². The third-order valence-corrected chi connectivity index (χ3v) is 2.94. The van der Waals surface area contributed by atoms with Crippen LogP contribution in [0, 0.1) is 6.92 Å². The number of hydrogen-bond acceptors (Lipinski definition) is 4. The largest absolute Gasteiger partial charge is 0.479 e. The Labute approximate surface area is 117 Å². The minimum absolute atomic E-state index is 0.111. The molecule has 0 spiro atoms. The molecule has 0 bridgehead atoms. The maximum atomic E-state index is 12.6. The number of alkyl halides is 3. The van der Waals surface area contributed by atoms with Gasteiger partial charge in [-0.05, 0) is 31.5 Å². The number of hydrogen-bond donors (Lipinski definition) is 2. The van der Waals surface area contributed by atoms with E-state index in [2.05, 4.69) is 9.97 Å². The molecule has 8 heteroatoms. The van der Waals surface area contributed by atoms with Crippen LogP contribution in [-0.2, 0) is 6.61 Å². The molecule has 5 nitrogen and oxygen atoms in total. The predicted octanol–water partition coefficient (Wildman–Crippen LogP) is 2.05. The highest BCUT2D eigenvalue weighted by molar-refractivity contribution is 5.81. The van der Waals surface area contributed by atoms with Crippen molar-refractivity contribution in [2.45, 2.75) is 32.7 Å². The van der Waals surface area contributed by atoms with Crippen molar-refractivity contribution in [3.05, 3.63) is 33.7 Å². The van der Waals surface area contributed by atoms with Crippen LogP contribution in [0.1, 0.15) is 18.2 Å². The first-order valence-corrected chi connectivity index (χ1v) is 6.10. The van der Waals surface area contributed by atoms with E-state index in [-0.39, 0.29) is 22.5 Å². The number of nitrogens with zero attached hydrogens (tertiary/aromatic N) is 1. The molecule has 2 N–H and O–H groups in total. The Morgan fingerprint density at radius 1 is 1.43 bits per heavy atom. The lowest BCUT2D eigenvalue weighted by Crippen LogP contribution is -2.31. The number of rotatable bonds is 3. The molecule has 1 aromatic heterocycles. The van der Waals surface area contributed by atoms with Crippen LogP contribution in [0.2, 0.25) is 0 Å². The third-order valence-electron chi connectivity index (χ3n) is 2.94. The monoisotopic (exact) mass is 302 g/mol. The molecule has 1 unspecified atom stereocenters. The Kier molecular flexibility index (Phi) is 3.91. The van der Waals surface area contributed by atoms with Crippen molar-refractivity contribution in [2.24, 2.45) is 0 Å². The van der Waals surface area contributed by atoms with Gasteiger partial charge in [0.05, 0.1) is 12.1 Å². The number of aromatic amines is 1. The van der Waals surface area contributed by atoms with Gasteiger partial charge in [-0.25, -0.2) is 4.98 Å². The summed E-state index contributed by atoms with van der Waals surface area (Å²) in [5, 5.41) is 9.15. The van der Waals surface area contributed by atoms with Gasteiger partial charge in [0, 0.05) is 0 Å². The normalized spacial score (nSPS) is 13.4. The predicted molar refractivity (Wildman–Crippen MR) is 69.2 cm³/mol. The van der Waals surface area contributed by atoms with E-state index in [1.54, 1.807) is 0 Å². The van der Waals surface area contributed by atoms with Gasteiger partial charge in [0.1, 0.15) is 17.0 Å². The first-order chi connectivity index (χ1) is 9.72. The average molecular weight is 302 g/mol. The van der Waals surface area contributed by atoms with E-state index in [1.165, 1.54) is 19.1 Å². The fourth-order valence-corrected chi connectivity index (χ4v) is 1.75. The van der Waals surface area contributed by atoms with Crippen LogP contribution < -0.4 is 10.3 Å². The minimum atomic E-state index is -4.53. The molecular formula is C13H13F3N2O3. The summed E-state index contributed by atoms with van der Waals surface area (Å²) >= 11 is 0. The number of fused-ring (bicyclic) bond motifs is 1. The smallest absolute Gasteiger partial charge is 0.425 e. The lowest BCUT2D eigenvalue weighted by Gasteiger charge is -2.19. The molecule has 0 aliphatic carbocycles. The molecule has 0 aliphatic heterocycles. The van der Waals surface area contributed by atoms with Gasteiger partial charge in [-0.2, -0.15) is 13.2 Å². The van der Waals surface area contributed by atoms with Crippen LogP contribution in [-0.4, -0.2) is 27.4 Å². The van der Waals surface area contributed by atoms with E-state index in [1.807, 2.05) is 0 Å². The number of H-pyrrole nitrogens is 1. The fourth-order valence-electron chi connectivity index (χ4n) is 1.75. The molecule has 0 saturated heterocycles. The summed E-state index contributed by atoms with van der Waals surface area (Å²) in [5.74, 6) is -0.138. The highest BCUT2D eigenvalue weighted by atomic mass is 19.4. The molecule has 0 amide bonds. The number of aliphatic hydroxyl groups is 1. The zero-order valence-corrected chi connectivity index (χ0v) is 11.3. The number of ether oxygens (including phenoxy) is 1. The molecule has 1 atom stereocenters. The molecule has 1 aromatic carbocycles. The summed E-state index contributed by atoms with van der Waals surface area (Å²) < 4.78 is 42.7. The van der Waals surface area contributed by atoms with Crippen LogP contribution in [0.4, 0.5) is 13.2 Å². The van der Waals surface area contributed by atoms with Gasteiger partial charge >= 0.3 is 6.18 Å². The molecule has 114 valence electrons. The Morgan fingerprint density at radius 3 is 2.67 bits per heavy atom. The van der Waals surface area contributed by atoms with Crippen molar-refractivity contribution in [2.75, 3.05) is 0 Å². The van der Waals surface area contributed by atoms with Gasteiger partial charge in [-0.1, -0.05) is 0 Å². The summed E-state index contributed by atoms with van der Waals surface area (Å²) in [7, 11) is 0. The number of aliphatic hydroxyl groups excluding tert-OH is 1. The minimum Gasteiger partial charge on any atom is -0.479 e. The summed E-state index contributed by atoms with van der Waals surface area (Å²) in [4.78, 5) is 18.0. The van der Waals surface area contributed by atoms with Gasteiger partial charge in [0.25, 0.3) is 5.56 Å². The lowest BCUT2D eigenvalue weighted by molar-refractivity contribution is -0.189. The van der Waals surface area contributed by atoms with Crippen LogP contribution >= 0.6 is 0 Å². The second kappa shape index (κ2) is 5.36. The first kappa shape index (κ1) is 15.3. The maximum absolute atomic E-state index is 12.6. The van der Waals surface area contributed by atoms with Crippen LogP contribution in [0.15, 0.2) is 16.9 Å². The SMILES string of the molecule is Cc1nc2c(OC(C)C(F)(F)F)cc(CO)cc2[nH]c1=O. The second-order valence-corrected chi connectivity index (χ2v) is 4.60. The topological polar surface area (TPSA) is 75.2 Å². The van der Waals surface area contributed by atoms with E-state index in [9.17, 15) is 18.0 Å². The molecular weight excluding hydrogens is 289 g/mol. The van der Waals surface area contributed by atoms with Gasteiger partial charge in [0.15, 0.2) is 6.10 Å². The van der Waals surface area contributed by atoms with Crippen LogP contribution in [0.25, 0.3) is 11.0 Å². The van der Waals surface area contributed by atoms with Crippen molar-refractivity contribution in [3.63, 3.8) is 0 Å². The average Bonchev–Trinajstić information content (AvgIpc) is 2.39. The van der Waals surface area contributed by atoms with Crippen molar-refractivity contribution in [1.29, 1.82) is 0 Å². The number of halogens is 3. The standard InChI is InChI=1S/C13H13F3N2O3/c1-6-12(20)18-9-3-8(5-19)4-10(11(9)17-6)21-7(2)13(14,15)16/h3-4,7,19H,5H2,1-2H3,(H,18,20). The van der Waals surface area contributed by atoms with Gasteiger partial charge in [-0.3, -0.25) is 4.79 Å². The number of benzene rings is 1.